The Balaban J connectivity index is 4.16. The molecule has 4 nitrogen and oxygen atoms in total. The zero-order valence-corrected chi connectivity index (χ0v) is 8.77. The van der Waals surface area contributed by atoms with Gasteiger partial charge in [0.1, 0.15) is 0 Å². The number of hydrogen-bond acceptors (Lipinski definition) is 3. The van der Waals surface area contributed by atoms with Crippen LogP contribution in [0.1, 0.15) is 6.92 Å². The summed E-state index contributed by atoms with van der Waals surface area (Å²) < 4.78 is 23.5. The fraction of sp³-hybridized carbons (Fsp3) is 1.00. The van der Waals surface area contributed by atoms with E-state index >= 15 is 0 Å². The van der Waals surface area contributed by atoms with Gasteiger partial charge in [0.15, 0.2) is 0 Å². The largest absolute Gasteiger partial charge is 0.392 e. The summed E-state index contributed by atoms with van der Waals surface area (Å²) in [7, 11) is -1.84. The minimum absolute atomic E-state index is 0.0759. The molecule has 0 aromatic carbocycles. The number of aliphatic hydroxyl groups excluding tert-OH is 1. The number of halogens is 1. The SMILES string of the molecule is CC(O)CN(C)S(=O)(=O)CCCl. The molecule has 0 bridgehead atoms. The van der Waals surface area contributed by atoms with E-state index in [1.54, 1.807) is 0 Å². The quantitative estimate of drug-likeness (QED) is 0.650. The van der Waals surface area contributed by atoms with Crippen LogP contribution in [0, 0.1) is 0 Å². The van der Waals surface area contributed by atoms with Gasteiger partial charge in [0, 0.05) is 19.5 Å². The van der Waals surface area contributed by atoms with Gasteiger partial charge in [-0.2, -0.15) is 0 Å². The first kappa shape index (κ1) is 12.2. The zero-order valence-electron chi connectivity index (χ0n) is 7.20. The molecule has 0 radical (unpaired) electrons. The van der Waals surface area contributed by atoms with Crippen molar-refractivity contribution in [2.75, 3.05) is 25.2 Å². The van der Waals surface area contributed by atoms with Crippen molar-refractivity contribution in [3.05, 3.63) is 0 Å². The van der Waals surface area contributed by atoms with Crippen molar-refractivity contribution in [3.63, 3.8) is 0 Å². The second kappa shape index (κ2) is 5.01. The topological polar surface area (TPSA) is 57.6 Å². The Morgan fingerprint density at radius 3 is 2.42 bits per heavy atom. The van der Waals surface area contributed by atoms with Crippen molar-refractivity contribution in [2.45, 2.75) is 13.0 Å². The van der Waals surface area contributed by atoms with Gasteiger partial charge < -0.3 is 5.11 Å². The molecule has 0 aliphatic heterocycles. The number of likely N-dealkylation sites (N-methyl/N-ethyl adjacent to an activating group) is 1. The van der Waals surface area contributed by atoms with Gasteiger partial charge in [-0.25, -0.2) is 12.7 Å². The Bertz CT molecular complexity index is 215. The first-order valence-electron chi connectivity index (χ1n) is 3.58. The molecule has 1 unspecified atom stereocenters. The van der Waals surface area contributed by atoms with E-state index in [1.165, 1.54) is 14.0 Å². The van der Waals surface area contributed by atoms with Crippen LogP contribution in [-0.4, -0.2) is 49.2 Å². The van der Waals surface area contributed by atoms with E-state index in [9.17, 15) is 8.42 Å². The van der Waals surface area contributed by atoms with E-state index in [0.717, 1.165) is 4.31 Å². The Labute approximate surface area is 78.2 Å². The summed E-state index contributed by atoms with van der Waals surface area (Å²) in [6.07, 6.45) is -0.653. The van der Waals surface area contributed by atoms with Crippen molar-refractivity contribution in [1.29, 1.82) is 0 Å². The third-order valence-corrected chi connectivity index (χ3v) is 3.56. The van der Waals surface area contributed by atoms with E-state index in [2.05, 4.69) is 0 Å². The maximum Gasteiger partial charge on any atom is 0.215 e. The number of hydrogen-bond donors (Lipinski definition) is 1. The summed E-state index contributed by atoms with van der Waals surface area (Å²) in [6.45, 7) is 1.64. The minimum Gasteiger partial charge on any atom is -0.392 e. The Morgan fingerprint density at radius 2 is 2.08 bits per heavy atom. The van der Waals surface area contributed by atoms with Crippen molar-refractivity contribution in [1.82, 2.24) is 4.31 Å². The Kier molecular flexibility index (Phi) is 5.08. The van der Waals surface area contributed by atoms with Gasteiger partial charge in [-0.15, -0.1) is 11.6 Å². The number of rotatable bonds is 5. The molecular formula is C6H14ClNO3S. The molecule has 1 N–H and O–H groups in total. The molecule has 74 valence electrons. The second-order valence-electron chi connectivity index (χ2n) is 2.63. The highest BCUT2D eigenvalue weighted by Gasteiger charge is 2.17. The van der Waals surface area contributed by atoms with E-state index in [1.807, 2.05) is 0 Å². The summed E-state index contributed by atoms with van der Waals surface area (Å²) in [4.78, 5) is 0. The number of aliphatic hydroxyl groups is 1. The van der Waals surface area contributed by atoms with Gasteiger partial charge in [-0.05, 0) is 6.92 Å². The zero-order chi connectivity index (χ0) is 9.78. The Hall–Kier alpha value is 0.160. The third-order valence-electron chi connectivity index (χ3n) is 1.33. The van der Waals surface area contributed by atoms with Gasteiger partial charge in [-0.3, -0.25) is 0 Å². The summed E-state index contributed by atoms with van der Waals surface area (Å²) >= 11 is 5.30. The van der Waals surface area contributed by atoms with Gasteiger partial charge in [-0.1, -0.05) is 0 Å². The van der Waals surface area contributed by atoms with Gasteiger partial charge in [0.05, 0.1) is 11.9 Å². The maximum absolute atomic E-state index is 11.2. The first-order chi connectivity index (χ1) is 5.40. The van der Waals surface area contributed by atoms with Crippen LogP contribution in [0.2, 0.25) is 0 Å². The highest BCUT2D eigenvalue weighted by atomic mass is 35.5. The van der Waals surface area contributed by atoms with Crippen molar-refractivity contribution >= 4 is 21.6 Å². The molecule has 0 heterocycles. The van der Waals surface area contributed by atoms with Crippen molar-refractivity contribution < 1.29 is 13.5 Å². The molecule has 1 atom stereocenters. The fourth-order valence-electron chi connectivity index (χ4n) is 0.739. The molecule has 6 heteroatoms. The lowest BCUT2D eigenvalue weighted by molar-refractivity contribution is 0.171. The average molecular weight is 216 g/mol. The number of alkyl halides is 1. The smallest absolute Gasteiger partial charge is 0.215 e. The predicted octanol–water partition coefficient (Wildman–Crippen LogP) is -0.132. The molecule has 0 amide bonds. The van der Waals surface area contributed by atoms with Crippen LogP contribution in [0.4, 0.5) is 0 Å². The summed E-state index contributed by atoms with van der Waals surface area (Å²) in [5.41, 5.74) is 0. The number of nitrogens with zero attached hydrogens (tertiary/aromatic N) is 1. The average Bonchev–Trinajstić information content (AvgIpc) is 1.85. The normalized spacial score (nSPS) is 15.1. The molecule has 12 heavy (non-hydrogen) atoms. The molecule has 0 fully saturated rings. The molecule has 0 aliphatic carbocycles. The van der Waals surface area contributed by atoms with Crippen LogP contribution in [-0.2, 0) is 10.0 Å². The minimum atomic E-state index is -3.26. The van der Waals surface area contributed by atoms with Crippen molar-refractivity contribution in [3.8, 4) is 0 Å². The van der Waals surface area contributed by atoms with E-state index in [0.29, 0.717) is 0 Å². The van der Waals surface area contributed by atoms with Gasteiger partial charge >= 0.3 is 0 Å². The van der Waals surface area contributed by atoms with Gasteiger partial charge in [0.2, 0.25) is 10.0 Å². The van der Waals surface area contributed by atoms with Crippen LogP contribution in [0.15, 0.2) is 0 Å². The highest BCUT2D eigenvalue weighted by Crippen LogP contribution is 2.00. The molecule has 0 rings (SSSR count). The first-order valence-corrected chi connectivity index (χ1v) is 5.72. The predicted molar refractivity (Wildman–Crippen MR) is 48.8 cm³/mol. The monoisotopic (exact) mass is 215 g/mol. The molecule has 0 aromatic rings. The number of sulfonamides is 1. The maximum atomic E-state index is 11.2. The highest BCUT2D eigenvalue weighted by molar-refractivity contribution is 7.89. The van der Waals surface area contributed by atoms with Crippen LogP contribution in [0.3, 0.4) is 0 Å². The van der Waals surface area contributed by atoms with Crippen LogP contribution in [0.25, 0.3) is 0 Å². The van der Waals surface area contributed by atoms with Gasteiger partial charge in [0.25, 0.3) is 0 Å². The Morgan fingerprint density at radius 1 is 1.58 bits per heavy atom. The fourth-order valence-corrected chi connectivity index (χ4v) is 2.27. The second-order valence-corrected chi connectivity index (χ2v) is 5.21. The van der Waals surface area contributed by atoms with Crippen LogP contribution < -0.4 is 0 Å². The summed E-state index contributed by atoms with van der Waals surface area (Å²) in [5, 5.41) is 8.92. The molecule has 0 spiro atoms. The van der Waals surface area contributed by atoms with Crippen LogP contribution in [0.5, 0.6) is 0 Å². The molecular weight excluding hydrogens is 202 g/mol. The summed E-state index contributed by atoms with van der Waals surface area (Å²) in [5.74, 6) is -0.00966. The molecule has 0 saturated heterocycles. The van der Waals surface area contributed by atoms with E-state index in [4.69, 9.17) is 16.7 Å². The van der Waals surface area contributed by atoms with E-state index in [-0.39, 0.29) is 18.2 Å². The standard InChI is InChI=1S/C6H14ClNO3S/c1-6(9)5-8(2)12(10,11)4-3-7/h6,9H,3-5H2,1-2H3. The molecule has 0 aromatic heterocycles. The molecule has 0 aliphatic rings. The third kappa shape index (κ3) is 4.25. The van der Waals surface area contributed by atoms with Crippen molar-refractivity contribution in [2.24, 2.45) is 0 Å². The lowest BCUT2D eigenvalue weighted by Gasteiger charge is -2.17. The summed E-state index contributed by atoms with van der Waals surface area (Å²) in [6, 6.07) is 0. The van der Waals surface area contributed by atoms with E-state index < -0.39 is 16.1 Å². The molecule has 0 saturated carbocycles. The lowest BCUT2D eigenvalue weighted by atomic mass is 10.4. The van der Waals surface area contributed by atoms with Crippen LogP contribution >= 0.6 is 11.6 Å². The lowest BCUT2D eigenvalue weighted by Crippen LogP contribution is -2.35.